The summed E-state index contributed by atoms with van der Waals surface area (Å²) in [7, 11) is 0. The number of benzene rings is 1. The van der Waals surface area contributed by atoms with E-state index in [0.717, 1.165) is 6.42 Å². The normalized spacial score (nSPS) is 12.6. The van der Waals surface area contributed by atoms with E-state index in [4.69, 9.17) is 21.9 Å². The minimum Gasteiger partial charge on any atom is -0.399 e. The highest BCUT2D eigenvalue weighted by Crippen LogP contribution is 2.29. The first kappa shape index (κ1) is 11.9. The van der Waals surface area contributed by atoms with Crippen LogP contribution in [0, 0.1) is 0 Å². The Hall–Kier alpha value is -1.55. The molecule has 0 fully saturated rings. The second-order valence-electron chi connectivity index (χ2n) is 4.01. The zero-order chi connectivity index (χ0) is 12.4. The van der Waals surface area contributed by atoms with Gasteiger partial charge in [-0.15, -0.1) is 0 Å². The Kier molecular flexibility index (Phi) is 3.33. The minimum absolute atomic E-state index is 0.271. The van der Waals surface area contributed by atoms with Crippen LogP contribution in [0.4, 0.5) is 5.69 Å². The molecule has 0 saturated carbocycles. The lowest BCUT2D eigenvalue weighted by Crippen LogP contribution is -1.93. The molecule has 0 radical (unpaired) electrons. The first-order valence-electron chi connectivity index (χ1n) is 5.50. The molecule has 1 aromatic heterocycles. The van der Waals surface area contributed by atoms with Gasteiger partial charge in [-0.25, -0.2) is 0 Å². The highest BCUT2D eigenvalue weighted by atomic mass is 35.5. The highest BCUT2D eigenvalue weighted by molar-refractivity contribution is 6.33. The monoisotopic (exact) mass is 251 g/mol. The Morgan fingerprint density at radius 3 is 2.94 bits per heavy atom. The molecule has 0 saturated heterocycles. The molecule has 90 valence electrons. The van der Waals surface area contributed by atoms with E-state index < -0.39 is 0 Å². The summed E-state index contributed by atoms with van der Waals surface area (Å²) < 4.78 is 5.21. The number of nitrogen functional groups attached to an aromatic ring is 1. The number of hydrogen-bond donors (Lipinski definition) is 1. The third kappa shape index (κ3) is 2.42. The standard InChI is InChI=1S/C12H14ClN3O/c1-3-7(2)11-15-12(17-16-11)9-6-8(14)4-5-10(9)13/h4-7H,3,14H2,1-2H3. The molecule has 0 aliphatic carbocycles. The average Bonchev–Trinajstić information content (AvgIpc) is 2.80. The van der Waals surface area contributed by atoms with Gasteiger partial charge in [0, 0.05) is 11.6 Å². The van der Waals surface area contributed by atoms with Gasteiger partial charge in [-0.2, -0.15) is 4.98 Å². The molecule has 4 nitrogen and oxygen atoms in total. The molecule has 1 aromatic carbocycles. The molecule has 2 rings (SSSR count). The number of rotatable bonds is 3. The van der Waals surface area contributed by atoms with Crippen LogP contribution in [-0.4, -0.2) is 10.1 Å². The Bertz CT molecular complexity index is 524. The van der Waals surface area contributed by atoms with E-state index in [1.54, 1.807) is 18.2 Å². The first-order valence-corrected chi connectivity index (χ1v) is 5.88. The van der Waals surface area contributed by atoms with Crippen LogP contribution in [0.2, 0.25) is 5.02 Å². The first-order chi connectivity index (χ1) is 8.11. The topological polar surface area (TPSA) is 64.9 Å². The van der Waals surface area contributed by atoms with Crippen LogP contribution in [0.3, 0.4) is 0 Å². The molecule has 2 N–H and O–H groups in total. The number of nitrogens with two attached hydrogens (primary N) is 1. The van der Waals surface area contributed by atoms with Crippen LogP contribution in [0.5, 0.6) is 0 Å². The minimum atomic E-state index is 0.271. The maximum absolute atomic E-state index is 6.07. The van der Waals surface area contributed by atoms with Crippen molar-refractivity contribution in [2.45, 2.75) is 26.2 Å². The van der Waals surface area contributed by atoms with Crippen molar-refractivity contribution in [3.8, 4) is 11.5 Å². The molecule has 0 aliphatic heterocycles. The third-order valence-corrected chi connectivity index (χ3v) is 3.05. The van der Waals surface area contributed by atoms with Crippen molar-refractivity contribution in [3.05, 3.63) is 29.0 Å². The fraction of sp³-hybridized carbons (Fsp3) is 0.333. The van der Waals surface area contributed by atoms with Gasteiger partial charge in [-0.05, 0) is 24.6 Å². The van der Waals surface area contributed by atoms with Gasteiger partial charge in [-0.1, -0.05) is 30.6 Å². The summed E-state index contributed by atoms with van der Waals surface area (Å²) in [5.41, 5.74) is 7.00. The fourth-order valence-electron chi connectivity index (χ4n) is 1.43. The Labute approximate surface area is 105 Å². The van der Waals surface area contributed by atoms with Crippen LogP contribution in [-0.2, 0) is 0 Å². The lowest BCUT2D eigenvalue weighted by molar-refractivity contribution is 0.416. The van der Waals surface area contributed by atoms with E-state index >= 15 is 0 Å². The quantitative estimate of drug-likeness (QED) is 0.848. The Balaban J connectivity index is 2.40. The Morgan fingerprint density at radius 2 is 2.24 bits per heavy atom. The van der Waals surface area contributed by atoms with Crippen molar-refractivity contribution in [1.29, 1.82) is 0 Å². The molecule has 0 bridgehead atoms. The molecule has 1 heterocycles. The number of nitrogens with zero attached hydrogens (tertiary/aromatic N) is 2. The van der Waals surface area contributed by atoms with Crippen molar-refractivity contribution in [2.24, 2.45) is 0 Å². The van der Waals surface area contributed by atoms with E-state index in [2.05, 4.69) is 24.0 Å². The number of hydrogen-bond acceptors (Lipinski definition) is 4. The second-order valence-corrected chi connectivity index (χ2v) is 4.41. The summed E-state index contributed by atoms with van der Waals surface area (Å²) in [6, 6.07) is 5.19. The fourth-order valence-corrected chi connectivity index (χ4v) is 1.63. The van der Waals surface area contributed by atoms with Crippen molar-refractivity contribution in [3.63, 3.8) is 0 Å². The molecule has 1 atom stereocenters. The summed E-state index contributed by atoms with van der Waals surface area (Å²) >= 11 is 6.07. The predicted octanol–water partition coefficient (Wildman–Crippen LogP) is 3.49. The van der Waals surface area contributed by atoms with Gasteiger partial charge >= 0.3 is 0 Å². The maximum atomic E-state index is 6.07. The van der Waals surface area contributed by atoms with Crippen LogP contribution >= 0.6 is 11.6 Å². The van der Waals surface area contributed by atoms with E-state index in [1.165, 1.54) is 0 Å². The van der Waals surface area contributed by atoms with E-state index in [-0.39, 0.29) is 5.92 Å². The maximum Gasteiger partial charge on any atom is 0.259 e. The summed E-state index contributed by atoms with van der Waals surface area (Å²) in [5, 5.41) is 4.50. The van der Waals surface area contributed by atoms with Gasteiger partial charge in [0.2, 0.25) is 0 Å². The molecule has 0 amide bonds. The number of halogens is 1. The zero-order valence-electron chi connectivity index (χ0n) is 9.77. The van der Waals surface area contributed by atoms with Crippen molar-refractivity contribution >= 4 is 17.3 Å². The van der Waals surface area contributed by atoms with Crippen LogP contribution in [0.25, 0.3) is 11.5 Å². The van der Waals surface area contributed by atoms with Gasteiger partial charge in [0.05, 0.1) is 10.6 Å². The Morgan fingerprint density at radius 1 is 1.47 bits per heavy atom. The molecule has 0 spiro atoms. The van der Waals surface area contributed by atoms with Crippen LogP contribution < -0.4 is 5.73 Å². The summed E-state index contributed by atoms with van der Waals surface area (Å²) in [6.07, 6.45) is 0.962. The summed E-state index contributed by atoms with van der Waals surface area (Å²) in [6.45, 7) is 4.13. The van der Waals surface area contributed by atoms with Gasteiger partial charge < -0.3 is 10.3 Å². The average molecular weight is 252 g/mol. The zero-order valence-corrected chi connectivity index (χ0v) is 10.5. The molecule has 1 unspecified atom stereocenters. The van der Waals surface area contributed by atoms with Crippen molar-refractivity contribution in [1.82, 2.24) is 10.1 Å². The van der Waals surface area contributed by atoms with Crippen LogP contribution in [0.1, 0.15) is 32.0 Å². The summed E-state index contributed by atoms with van der Waals surface area (Å²) in [5.74, 6) is 1.38. The molecular formula is C12H14ClN3O. The summed E-state index contributed by atoms with van der Waals surface area (Å²) in [4.78, 5) is 4.34. The molecule has 5 heteroatoms. The third-order valence-electron chi connectivity index (χ3n) is 2.72. The lowest BCUT2D eigenvalue weighted by Gasteiger charge is -2.00. The van der Waals surface area contributed by atoms with Crippen LogP contribution in [0.15, 0.2) is 22.7 Å². The van der Waals surface area contributed by atoms with Gasteiger partial charge in [0.25, 0.3) is 5.89 Å². The number of anilines is 1. The van der Waals surface area contributed by atoms with Gasteiger partial charge in [0.15, 0.2) is 5.82 Å². The largest absolute Gasteiger partial charge is 0.399 e. The molecular weight excluding hydrogens is 238 g/mol. The van der Waals surface area contributed by atoms with E-state index in [1.807, 2.05) is 0 Å². The van der Waals surface area contributed by atoms with Gasteiger partial charge in [-0.3, -0.25) is 0 Å². The SMILES string of the molecule is CCC(C)c1noc(-c2cc(N)ccc2Cl)n1. The predicted molar refractivity (Wildman–Crippen MR) is 67.9 cm³/mol. The lowest BCUT2D eigenvalue weighted by atomic mass is 10.1. The molecule has 2 aromatic rings. The smallest absolute Gasteiger partial charge is 0.259 e. The van der Waals surface area contributed by atoms with Crippen molar-refractivity contribution < 1.29 is 4.52 Å². The van der Waals surface area contributed by atoms with Gasteiger partial charge in [0.1, 0.15) is 0 Å². The van der Waals surface area contributed by atoms with Crippen molar-refractivity contribution in [2.75, 3.05) is 5.73 Å². The second kappa shape index (κ2) is 4.75. The molecule has 0 aliphatic rings. The van der Waals surface area contributed by atoms with E-state index in [0.29, 0.717) is 28.0 Å². The number of aromatic nitrogens is 2. The highest BCUT2D eigenvalue weighted by Gasteiger charge is 2.15. The molecule has 17 heavy (non-hydrogen) atoms. The van der Waals surface area contributed by atoms with E-state index in [9.17, 15) is 0 Å².